The van der Waals surface area contributed by atoms with Gasteiger partial charge in [0.1, 0.15) is 0 Å². The third-order valence-electron chi connectivity index (χ3n) is 4.35. The topological polar surface area (TPSA) is 95.5 Å². The van der Waals surface area contributed by atoms with Gasteiger partial charge < -0.3 is 15.7 Å². The molecule has 0 aromatic rings. The molecule has 3 unspecified atom stereocenters. The van der Waals surface area contributed by atoms with Crippen LogP contribution >= 0.6 is 0 Å². The predicted molar refractivity (Wildman–Crippen MR) is 76.0 cm³/mol. The first-order chi connectivity index (χ1) is 9.50. The number of aliphatic hydroxyl groups is 1. The second-order valence-corrected chi connectivity index (χ2v) is 8.14. The van der Waals surface area contributed by atoms with Gasteiger partial charge in [-0.25, -0.2) is 8.42 Å². The van der Waals surface area contributed by atoms with E-state index in [2.05, 4.69) is 10.6 Å². The first kappa shape index (κ1) is 15.7. The van der Waals surface area contributed by atoms with Crippen LogP contribution in [0.1, 0.15) is 25.7 Å². The van der Waals surface area contributed by atoms with Crippen LogP contribution in [-0.4, -0.2) is 56.7 Å². The van der Waals surface area contributed by atoms with E-state index in [1.54, 1.807) is 0 Å². The zero-order valence-corrected chi connectivity index (χ0v) is 12.5. The molecule has 0 aromatic heterocycles. The van der Waals surface area contributed by atoms with Crippen molar-refractivity contribution in [3.8, 4) is 0 Å². The van der Waals surface area contributed by atoms with E-state index in [9.17, 15) is 18.3 Å². The van der Waals surface area contributed by atoms with Crippen LogP contribution in [0.25, 0.3) is 0 Å². The number of aliphatic hydroxyl groups excluding tert-OH is 1. The molecular formula is C13H24N2O4S. The van der Waals surface area contributed by atoms with E-state index in [1.165, 1.54) is 0 Å². The molecule has 116 valence electrons. The van der Waals surface area contributed by atoms with E-state index in [0.717, 1.165) is 19.3 Å². The van der Waals surface area contributed by atoms with Crippen LogP contribution < -0.4 is 10.6 Å². The summed E-state index contributed by atoms with van der Waals surface area (Å²) in [5, 5.41) is 15.2. The Morgan fingerprint density at radius 1 is 1.30 bits per heavy atom. The van der Waals surface area contributed by atoms with Gasteiger partial charge in [0, 0.05) is 32.2 Å². The SMILES string of the molecule is O=C(CC1CS(=O)(=O)CCN1)NCC1CCCC1CO. The summed E-state index contributed by atoms with van der Waals surface area (Å²) in [6.07, 6.45) is 3.38. The lowest BCUT2D eigenvalue weighted by Gasteiger charge is -2.24. The van der Waals surface area contributed by atoms with E-state index in [0.29, 0.717) is 24.9 Å². The molecule has 0 aromatic carbocycles. The molecule has 2 aliphatic rings. The summed E-state index contributed by atoms with van der Waals surface area (Å²) in [6, 6.07) is -0.272. The van der Waals surface area contributed by atoms with Crippen LogP contribution in [0.2, 0.25) is 0 Å². The number of carbonyl (C=O) groups excluding carboxylic acids is 1. The number of carbonyl (C=O) groups is 1. The van der Waals surface area contributed by atoms with Gasteiger partial charge in [0.25, 0.3) is 0 Å². The fourth-order valence-corrected chi connectivity index (χ4v) is 4.61. The Morgan fingerprint density at radius 3 is 2.75 bits per heavy atom. The highest BCUT2D eigenvalue weighted by molar-refractivity contribution is 7.91. The van der Waals surface area contributed by atoms with Gasteiger partial charge >= 0.3 is 0 Å². The molecule has 1 heterocycles. The normalized spacial score (nSPS) is 33.0. The highest BCUT2D eigenvalue weighted by atomic mass is 32.2. The molecular weight excluding hydrogens is 280 g/mol. The molecule has 1 aliphatic heterocycles. The van der Waals surface area contributed by atoms with Gasteiger partial charge in [0.15, 0.2) is 9.84 Å². The maximum atomic E-state index is 11.9. The second-order valence-electron chi connectivity index (χ2n) is 5.91. The average Bonchev–Trinajstić information content (AvgIpc) is 2.82. The van der Waals surface area contributed by atoms with Gasteiger partial charge in [-0.2, -0.15) is 0 Å². The lowest BCUT2D eigenvalue weighted by Crippen LogP contribution is -2.47. The van der Waals surface area contributed by atoms with Crippen LogP contribution in [-0.2, 0) is 14.6 Å². The van der Waals surface area contributed by atoms with Crippen LogP contribution in [0.15, 0.2) is 0 Å². The maximum absolute atomic E-state index is 11.9. The second kappa shape index (κ2) is 6.87. The highest BCUT2D eigenvalue weighted by Crippen LogP contribution is 2.30. The molecule has 6 nitrogen and oxygen atoms in total. The molecule has 1 amide bonds. The van der Waals surface area contributed by atoms with Crippen molar-refractivity contribution in [3.63, 3.8) is 0 Å². The molecule has 1 saturated heterocycles. The standard InChI is InChI=1S/C13H24N2O4S/c16-8-11-3-1-2-10(11)7-15-13(17)6-12-9-20(18,19)5-4-14-12/h10-12,14,16H,1-9H2,(H,15,17). The van der Waals surface area contributed by atoms with Crippen molar-refractivity contribution >= 4 is 15.7 Å². The summed E-state index contributed by atoms with van der Waals surface area (Å²) in [7, 11) is -3.00. The molecule has 1 saturated carbocycles. The minimum absolute atomic E-state index is 0.0448. The van der Waals surface area contributed by atoms with E-state index < -0.39 is 9.84 Å². The predicted octanol–water partition coefficient (Wildman–Crippen LogP) is -0.712. The quantitative estimate of drug-likeness (QED) is 0.623. The van der Waals surface area contributed by atoms with Crippen molar-refractivity contribution < 1.29 is 18.3 Å². The zero-order chi connectivity index (χ0) is 14.6. The summed E-state index contributed by atoms with van der Waals surface area (Å²) in [6.45, 7) is 1.20. The molecule has 2 rings (SSSR count). The van der Waals surface area contributed by atoms with Crippen LogP contribution in [0.5, 0.6) is 0 Å². The fourth-order valence-electron chi connectivity index (χ4n) is 3.16. The number of amides is 1. The van der Waals surface area contributed by atoms with Crippen molar-refractivity contribution in [1.29, 1.82) is 0 Å². The highest BCUT2D eigenvalue weighted by Gasteiger charge is 2.28. The Morgan fingerprint density at radius 2 is 2.05 bits per heavy atom. The van der Waals surface area contributed by atoms with E-state index in [-0.39, 0.29) is 36.5 Å². The van der Waals surface area contributed by atoms with Crippen molar-refractivity contribution in [1.82, 2.24) is 10.6 Å². The Hall–Kier alpha value is -0.660. The summed E-state index contributed by atoms with van der Waals surface area (Å²) in [5.41, 5.74) is 0. The van der Waals surface area contributed by atoms with Crippen LogP contribution in [0.4, 0.5) is 0 Å². The summed E-state index contributed by atoms with van der Waals surface area (Å²) >= 11 is 0. The summed E-state index contributed by atoms with van der Waals surface area (Å²) in [5.74, 6) is 0.743. The summed E-state index contributed by atoms with van der Waals surface area (Å²) in [4.78, 5) is 11.9. The maximum Gasteiger partial charge on any atom is 0.221 e. The van der Waals surface area contributed by atoms with Gasteiger partial charge in [-0.3, -0.25) is 4.79 Å². The van der Waals surface area contributed by atoms with Crippen molar-refractivity contribution in [2.75, 3.05) is 31.2 Å². The van der Waals surface area contributed by atoms with E-state index in [1.807, 2.05) is 0 Å². The average molecular weight is 304 g/mol. The molecule has 1 aliphatic carbocycles. The third-order valence-corrected chi connectivity index (χ3v) is 6.08. The van der Waals surface area contributed by atoms with Crippen molar-refractivity contribution in [2.24, 2.45) is 11.8 Å². The molecule has 3 N–H and O–H groups in total. The minimum atomic E-state index is -3.00. The van der Waals surface area contributed by atoms with Crippen LogP contribution in [0.3, 0.4) is 0 Å². The van der Waals surface area contributed by atoms with Crippen molar-refractivity contribution in [2.45, 2.75) is 31.7 Å². The Kier molecular flexibility index (Phi) is 5.40. The van der Waals surface area contributed by atoms with Gasteiger partial charge in [0.05, 0.1) is 11.5 Å². The Labute approximate surface area is 120 Å². The van der Waals surface area contributed by atoms with Crippen LogP contribution in [0, 0.1) is 11.8 Å². The molecule has 0 spiro atoms. The number of rotatable bonds is 5. The smallest absolute Gasteiger partial charge is 0.221 e. The molecule has 0 radical (unpaired) electrons. The molecule has 2 fully saturated rings. The molecule has 20 heavy (non-hydrogen) atoms. The lowest BCUT2D eigenvalue weighted by molar-refractivity contribution is -0.121. The number of nitrogens with one attached hydrogen (secondary N) is 2. The zero-order valence-electron chi connectivity index (χ0n) is 11.7. The summed E-state index contributed by atoms with van der Waals surface area (Å²) < 4.78 is 23.0. The molecule has 3 atom stereocenters. The largest absolute Gasteiger partial charge is 0.396 e. The first-order valence-electron chi connectivity index (χ1n) is 7.31. The monoisotopic (exact) mass is 304 g/mol. The fraction of sp³-hybridized carbons (Fsp3) is 0.923. The molecule has 7 heteroatoms. The minimum Gasteiger partial charge on any atom is -0.396 e. The number of sulfone groups is 1. The van der Waals surface area contributed by atoms with E-state index in [4.69, 9.17) is 0 Å². The Balaban J connectivity index is 1.72. The van der Waals surface area contributed by atoms with Gasteiger partial charge in [-0.05, 0) is 24.7 Å². The lowest BCUT2D eigenvalue weighted by atomic mass is 9.97. The Bertz CT molecular complexity index is 438. The number of hydrogen-bond donors (Lipinski definition) is 3. The third kappa shape index (κ3) is 4.43. The van der Waals surface area contributed by atoms with Gasteiger partial charge in [-0.1, -0.05) is 6.42 Å². The first-order valence-corrected chi connectivity index (χ1v) is 9.13. The number of hydrogen-bond acceptors (Lipinski definition) is 5. The van der Waals surface area contributed by atoms with Gasteiger partial charge in [-0.15, -0.1) is 0 Å². The van der Waals surface area contributed by atoms with E-state index >= 15 is 0 Å². The van der Waals surface area contributed by atoms with Gasteiger partial charge in [0.2, 0.25) is 5.91 Å². The molecule has 0 bridgehead atoms. The van der Waals surface area contributed by atoms with Crippen molar-refractivity contribution in [3.05, 3.63) is 0 Å².